The molecule has 3 heteroatoms. The van der Waals surface area contributed by atoms with Crippen LogP contribution < -0.4 is 0 Å². The van der Waals surface area contributed by atoms with E-state index in [9.17, 15) is 4.79 Å². The highest BCUT2D eigenvalue weighted by atomic mass is 16.5. The number of ether oxygens (including phenoxy) is 2. The fourth-order valence-electron chi connectivity index (χ4n) is 4.20. The fourth-order valence-corrected chi connectivity index (χ4v) is 4.20. The summed E-state index contributed by atoms with van der Waals surface area (Å²) in [5.41, 5.74) is 0. The first-order valence-electron chi connectivity index (χ1n) is 7.60. The molecule has 0 aromatic rings. The van der Waals surface area contributed by atoms with Gasteiger partial charge in [-0.1, -0.05) is 0 Å². The van der Waals surface area contributed by atoms with Crippen molar-refractivity contribution in [3.8, 4) is 0 Å². The highest BCUT2D eigenvalue weighted by Gasteiger charge is 2.44. The Kier molecular flexibility index (Phi) is 2.65. The molecular weight excluding hydrogens is 228 g/mol. The van der Waals surface area contributed by atoms with Gasteiger partial charge >= 0.3 is 5.97 Å². The van der Waals surface area contributed by atoms with E-state index in [-0.39, 0.29) is 11.9 Å². The van der Waals surface area contributed by atoms with Gasteiger partial charge in [-0.25, -0.2) is 0 Å². The van der Waals surface area contributed by atoms with Crippen molar-refractivity contribution in [3.05, 3.63) is 0 Å². The molecular formula is C15H22O3. The SMILES string of the molecule is O=C(OCC1CCC2CC2C1)C1CC2CC(C1)O2. The zero-order valence-electron chi connectivity index (χ0n) is 10.8. The molecule has 5 unspecified atom stereocenters. The van der Waals surface area contributed by atoms with E-state index in [1.807, 2.05) is 0 Å². The van der Waals surface area contributed by atoms with Crippen LogP contribution in [0.5, 0.6) is 0 Å². The lowest BCUT2D eigenvalue weighted by atomic mass is 9.81. The topological polar surface area (TPSA) is 35.5 Å². The lowest BCUT2D eigenvalue weighted by Crippen LogP contribution is -2.47. The van der Waals surface area contributed by atoms with Crippen molar-refractivity contribution >= 4 is 5.97 Å². The standard InChI is InChI=1S/C15H22O3/c16-15(12-5-13-7-14(6-12)18-13)17-8-9-1-2-10-4-11(10)3-9/h9-14H,1-8H2. The summed E-state index contributed by atoms with van der Waals surface area (Å²) in [5, 5.41) is 0. The molecule has 2 bridgehead atoms. The van der Waals surface area contributed by atoms with Gasteiger partial charge in [0.2, 0.25) is 0 Å². The first kappa shape index (κ1) is 11.3. The van der Waals surface area contributed by atoms with Gasteiger partial charge in [0, 0.05) is 0 Å². The summed E-state index contributed by atoms with van der Waals surface area (Å²) in [6.07, 6.45) is 9.03. The highest BCUT2D eigenvalue weighted by Crippen LogP contribution is 2.51. The van der Waals surface area contributed by atoms with Crippen molar-refractivity contribution in [2.75, 3.05) is 6.61 Å². The second-order valence-corrected chi connectivity index (χ2v) is 6.85. The molecule has 0 N–H and O–H groups in total. The average Bonchev–Trinajstić information content (AvgIpc) is 3.13. The van der Waals surface area contributed by atoms with Crippen molar-refractivity contribution in [3.63, 3.8) is 0 Å². The van der Waals surface area contributed by atoms with E-state index < -0.39 is 0 Å². The van der Waals surface area contributed by atoms with Gasteiger partial charge in [0.1, 0.15) is 0 Å². The van der Waals surface area contributed by atoms with Gasteiger partial charge in [-0.3, -0.25) is 4.79 Å². The van der Waals surface area contributed by atoms with Crippen LogP contribution >= 0.6 is 0 Å². The summed E-state index contributed by atoms with van der Waals surface area (Å²) in [5.74, 6) is 2.82. The van der Waals surface area contributed by atoms with Gasteiger partial charge < -0.3 is 9.47 Å². The van der Waals surface area contributed by atoms with E-state index in [1.54, 1.807) is 0 Å². The maximum absolute atomic E-state index is 12.0. The zero-order valence-corrected chi connectivity index (χ0v) is 10.8. The number of rotatable bonds is 3. The van der Waals surface area contributed by atoms with E-state index in [0.717, 1.165) is 31.1 Å². The third kappa shape index (κ3) is 2.07. The summed E-state index contributed by atoms with van der Waals surface area (Å²) in [6.45, 7) is 0.675. The summed E-state index contributed by atoms with van der Waals surface area (Å²) in [4.78, 5) is 12.0. The van der Waals surface area contributed by atoms with Crippen molar-refractivity contribution in [1.29, 1.82) is 0 Å². The van der Waals surface area contributed by atoms with E-state index in [0.29, 0.717) is 24.7 Å². The Labute approximate surface area is 108 Å². The normalized spacial score (nSPS) is 48.9. The Bertz CT molecular complexity index is 338. The predicted molar refractivity (Wildman–Crippen MR) is 65.9 cm³/mol. The summed E-state index contributed by atoms with van der Waals surface area (Å²) < 4.78 is 11.1. The van der Waals surface area contributed by atoms with Gasteiger partial charge in [-0.2, -0.15) is 0 Å². The Balaban J connectivity index is 1.23. The molecule has 0 amide bonds. The molecule has 3 saturated carbocycles. The lowest BCUT2D eigenvalue weighted by molar-refractivity contribution is -0.189. The molecule has 5 fully saturated rings. The van der Waals surface area contributed by atoms with E-state index in [1.165, 1.54) is 25.7 Å². The van der Waals surface area contributed by atoms with E-state index in [2.05, 4.69) is 0 Å². The zero-order chi connectivity index (χ0) is 12.1. The Hall–Kier alpha value is -0.570. The van der Waals surface area contributed by atoms with Crippen LogP contribution in [0.4, 0.5) is 0 Å². The van der Waals surface area contributed by atoms with Crippen LogP contribution in [0.25, 0.3) is 0 Å². The fraction of sp³-hybridized carbons (Fsp3) is 0.933. The molecule has 5 aliphatic rings. The first-order chi connectivity index (χ1) is 8.78. The minimum atomic E-state index is 0.0471. The van der Waals surface area contributed by atoms with Gasteiger partial charge in [-0.15, -0.1) is 0 Å². The largest absolute Gasteiger partial charge is 0.465 e. The highest BCUT2D eigenvalue weighted by molar-refractivity contribution is 5.72. The molecule has 5 atom stereocenters. The van der Waals surface area contributed by atoms with Gasteiger partial charge in [0.05, 0.1) is 24.7 Å². The summed E-state index contributed by atoms with van der Waals surface area (Å²) in [7, 11) is 0. The maximum atomic E-state index is 12.0. The Morgan fingerprint density at radius 3 is 2.50 bits per heavy atom. The van der Waals surface area contributed by atoms with Crippen LogP contribution in [0.15, 0.2) is 0 Å². The lowest BCUT2D eigenvalue weighted by Gasteiger charge is -2.44. The van der Waals surface area contributed by atoms with Crippen molar-refractivity contribution < 1.29 is 14.3 Å². The number of carbonyl (C=O) groups is 1. The number of fused-ring (bicyclic) bond motifs is 3. The summed E-state index contributed by atoms with van der Waals surface area (Å²) >= 11 is 0. The molecule has 18 heavy (non-hydrogen) atoms. The molecule has 100 valence electrons. The van der Waals surface area contributed by atoms with Crippen LogP contribution in [-0.4, -0.2) is 24.8 Å². The van der Waals surface area contributed by atoms with Crippen molar-refractivity contribution in [1.82, 2.24) is 0 Å². The van der Waals surface area contributed by atoms with Crippen LogP contribution in [0, 0.1) is 23.7 Å². The van der Waals surface area contributed by atoms with Crippen LogP contribution in [0.3, 0.4) is 0 Å². The average molecular weight is 250 g/mol. The van der Waals surface area contributed by atoms with Crippen molar-refractivity contribution in [2.24, 2.45) is 23.7 Å². The molecule has 0 aromatic heterocycles. The molecule has 2 aliphatic heterocycles. The number of carbonyl (C=O) groups excluding carboxylic acids is 1. The number of hydrogen-bond acceptors (Lipinski definition) is 3. The van der Waals surface area contributed by atoms with Crippen LogP contribution in [0.2, 0.25) is 0 Å². The maximum Gasteiger partial charge on any atom is 0.309 e. The number of esters is 1. The molecule has 3 aliphatic carbocycles. The second-order valence-electron chi connectivity index (χ2n) is 6.85. The van der Waals surface area contributed by atoms with E-state index in [4.69, 9.17) is 9.47 Å². The van der Waals surface area contributed by atoms with Gasteiger partial charge in [-0.05, 0) is 62.7 Å². The van der Waals surface area contributed by atoms with E-state index >= 15 is 0 Å². The number of hydrogen-bond donors (Lipinski definition) is 0. The second kappa shape index (κ2) is 4.22. The molecule has 3 nitrogen and oxygen atoms in total. The Morgan fingerprint density at radius 1 is 1.00 bits per heavy atom. The minimum absolute atomic E-state index is 0.0471. The third-order valence-corrected chi connectivity index (χ3v) is 5.45. The Morgan fingerprint density at radius 2 is 1.78 bits per heavy atom. The summed E-state index contributed by atoms with van der Waals surface area (Å²) in [6, 6.07) is 0. The molecule has 0 radical (unpaired) electrons. The molecule has 5 rings (SSSR count). The third-order valence-electron chi connectivity index (χ3n) is 5.45. The molecule has 2 saturated heterocycles. The van der Waals surface area contributed by atoms with Crippen LogP contribution in [-0.2, 0) is 14.3 Å². The molecule has 0 spiro atoms. The predicted octanol–water partition coefficient (Wildman–Crippen LogP) is 2.53. The molecule has 2 heterocycles. The van der Waals surface area contributed by atoms with Crippen LogP contribution in [0.1, 0.15) is 44.9 Å². The quantitative estimate of drug-likeness (QED) is 0.722. The van der Waals surface area contributed by atoms with Crippen molar-refractivity contribution in [2.45, 2.75) is 57.2 Å². The van der Waals surface area contributed by atoms with Gasteiger partial charge in [0.15, 0.2) is 0 Å². The first-order valence-corrected chi connectivity index (χ1v) is 7.60. The minimum Gasteiger partial charge on any atom is -0.465 e. The molecule has 0 aromatic carbocycles. The monoisotopic (exact) mass is 250 g/mol. The smallest absolute Gasteiger partial charge is 0.309 e. The van der Waals surface area contributed by atoms with Gasteiger partial charge in [0.25, 0.3) is 0 Å².